The summed E-state index contributed by atoms with van der Waals surface area (Å²) in [6.45, 7) is 2.89. The maximum atomic E-state index is 8.55. The summed E-state index contributed by atoms with van der Waals surface area (Å²) in [6, 6.07) is 10.0. The molecule has 0 atom stereocenters. The van der Waals surface area contributed by atoms with E-state index in [4.69, 9.17) is 10.00 Å². The molecule has 1 heterocycles. The van der Waals surface area contributed by atoms with Crippen molar-refractivity contribution in [3.8, 4) is 23.2 Å². The van der Waals surface area contributed by atoms with Crippen molar-refractivity contribution < 1.29 is 4.74 Å². The van der Waals surface area contributed by atoms with E-state index in [9.17, 15) is 0 Å². The van der Waals surface area contributed by atoms with Gasteiger partial charge in [-0.25, -0.2) is 0 Å². The van der Waals surface area contributed by atoms with Crippen LogP contribution in [0.15, 0.2) is 29.4 Å². The SMILES string of the molecule is CCn1c(SCCCCC#N)nnc1-c1ccccc1OC. The Labute approximate surface area is 135 Å². The van der Waals surface area contributed by atoms with Crippen molar-refractivity contribution in [1.29, 1.82) is 5.26 Å². The highest BCUT2D eigenvalue weighted by Gasteiger charge is 2.16. The molecule has 0 saturated heterocycles. The van der Waals surface area contributed by atoms with Crippen LogP contribution in [0.2, 0.25) is 0 Å². The molecule has 0 N–H and O–H groups in total. The number of thioether (sulfide) groups is 1. The number of ether oxygens (including phenoxy) is 1. The molecule has 0 radical (unpaired) electrons. The molecular weight excluding hydrogens is 296 g/mol. The zero-order valence-corrected chi connectivity index (χ0v) is 13.8. The van der Waals surface area contributed by atoms with Gasteiger partial charge in [-0.15, -0.1) is 10.2 Å². The van der Waals surface area contributed by atoms with E-state index in [-0.39, 0.29) is 0 Å². The molecule has 5 nitrogen and oxygen atoms in total. The van der Waals surface area contributed by atoms with Crippen molar-refractivity contribution in [2.75, 3.05) is 12.9 Å². The minimum atomic E-state index is 0.619. The molecule has 0 aliphatic rings. The monoisotopic (exact) mass is 316 g/mol. The van der Waals surface area contributed by atoms with Crippen molar-refractivity contribution in [3.05, 3.63) is 24.3 Å². The Morgan fingerprint density at radius 1 is 1.27 bits per heavy atom. The zero-order chi connectivity index (χ0) is 15.8. The number of para-hydroxylation sites is 1. The Morgan fingerprint density at radius 3 is 2.82 bits per heavy atom. The average Bonchev–Trinajstić information content (AvgIpc) is 2.97. The standard InChI is InChI=1S/C16H20N4OS/c1-3-20-15(13-9-5-6-10-14(13)21-2)18-19-16(20)22-12-8-4-7-11-17/h5-6,9-10H,3-4,7-8,12H2,1-2H3. The number of methoxy groups -OCH3 is 1. The summed E-state index contributed by atoms with van der Waals surface area (Å²) in [5.41, 5.74) is 0.954. The Kier molecular flexibility index (Phi) is 6.28. The average molecular weight is 316 g/mol. The second-order valence-electron chi connectivity index (χ2n) is 4.71. The number of benzene rings is 1. The van der Waals surface area contributed by atoms with E-state index in [0.29, 0.717) is 6.42 Å². The Hall–Kier alpha value is -2.00. The van der Waals surface area contributed by atoms with Crippen LogP contribution in [0.1, 0.15) is 26.2 Å². The molecule has 2 rings (SSSR count). The Balaban J connectivity index is 2.15. The van der Waals surface area contributed by atoms with Gasteiger partial charge in [-0.1, -0.05) is 23.9 Å². The van der Waals surface area contributed by atoms with E-state index in [1.807, 2.05) is 24.3 Å². The van der Waals surface area contributed by atoms with Gasteiger partial charge in [-0.05, 0) is 31.9 Å². The molecule has 0 aliphatic carbocycles. The van der Waals surface area contributed by atoms with Crippen LogP contribution in [-0.4, -0.2) is 27.6 Å². The first kappa shape index (κ1) is 16.4. The molecule has 2 aromatic rings. The Bertz CT molecular complexity index is 648. The van der Waals surface area contributed by atoms with E-state index in [0.717, 1.165) is 47.4 Å². The maximum Gasteiger partial charge on any atom is 0.191 e. The highest BCUT2D eigenvalue weighted by atomic mass is 32.2. The van der Waals surface area contributed by atoms with Gasteiger partial charge in [-0.3, -0.25) is 0 Å². The molecule has 0 amide bonds. The normalized spacial score (nSPS) is 10.4. The lowest BCUT2D eigenvalue weighted by molar-refractivity contribution is 0.416. The molecule has 0 saturated carbocycles. The van der Waals surface area contributed by atoms with Crippen LogP contribution in [0, 0.1) is 11.3 Å². The van der Waals surface area contributed by atoms with E-state index in [1.165, 1.54) is 0 Å². The first-order chi connectivity index (χ1) is 10.8. The van der Waals surface area contributed by atoms with Gasteiger partial charge in [0.2, 0.25) is 0 Å². The second kappa shape index (κ2) is 8.44. The number of unbranched alkanes of at least 4 members (excludes halogenated alkanes) is 2. The minimum absolute atomic E-state index is 0.619. The highest BCUT2D eigenvalue weighted by Crippen LogP contribution is 2.30. The van der Waals surface area contributed by atoms with Crippen LogP contribution in [0.25, 0.3) is 11.4 Å². The van der Waals surface area contributed by atoms with Crippen LogP contribution in [0.5, 0.6) is 5.75 Å². The van der Waals surface area contributed by atoms with Gasteiger partial charge in [0.1, 0.15) is 5.75 Å². The summed E-state index contributed by atoms with van der Waals surface area (Å²) in [5, 5.41) is 18.1. The third kappa shape index (κ3) is 3.80. The van der Waals surface area contributed by atoms with E-state index >= 15 is 0 Å². The predicted molar refractivity (Wildman–Crippen MR) is 87.9 cm³/mol. The molecule has 0 bridgehead atoms. The van der Waals surface area contributed by atoms with Gasteiger partial charge >= 0.3 is 0 Å². The lowest BCUT2D eigenvalue weighted by Gasteiger charge is -2.10. The lowest BCUT2D eigenvalue weighted by atomic mass is 10.2. The summed E-state index contributed by atoms with van der Waals surface area (Å²) in [5.74, 6) is 2.58. The van der Waals surface area contributed by atoms with E-state index < -0.39 is 0 Å². The first-order valence-corrected chi connectivity index (χ1v) is 8.36. The van der Waals surface area contributed by atoms with Gasteiger partial charge in [0.15, 0.2) is 11.0 Å². The molecule has 0 aliphatic heterocycles. The van der Waals surface area contributed by atoms with Crippen molar-refractivity contribution >= 4 is 11.8 Å². The molecule has 22 heavy (non-hydrogen) atoms. The lowest BCUT2D eigenvalue weighted by Crippen LogP contribution is -2.01. The van der Waals surface area contributed by atoms with Crippen molar-refractivity contribution in [2.24, 2.45) is 0 Å². The van der Waals surface area contributed by atoms with Gasteiger partial charge in [-0.2, -0.15) is 5.26 Å². The maximum absolute atomic E-state index is 8.55. The summed E-state index contributed by atoms with van der Waals surface area (Å²) in [6.07, 6.45) is 2.56. The molecule has 116 valence electrons. The summed E-state index contributed by atoms with van der Waals surface area (Å²) in [7, 11) is 1.66. The molecule has 0 unspecified atom stereocenters. The van der Waals surface area contributed by atoms with Crippen LogP contribution >= 0.6 is 11.8 Å². The van der Waals surface area contributed by atoms with Gasteiger partial charge < -0.3 is 9.30 Å². The molecular formula is C16H20N4OS. The smallest absolute Gasteiger partial charge is 0.191 e. The summed E-state index contributed by atoms with van der Waals surface area (Å²) in [4.78, 5) is 0. The second-order valence-corrected chi connectivity index (χ2v) is 5.78. The summed E-state index contributed by atoms with van der Waals surface area (Å²) >= 11 is 1.69. The fourth-order valence-electron chi connectivity index (χ4n) is 2.18. The van der Waals surface area contributed by atoms with E-state index in [2.05, 4.69) is 27.8 Å². The third-order valence-electron chi connectivity index (χ3n) is 3.30. The third-order valence-corrected chi connectivity index (χ3v) is 4.35. The molecule has 0 spiro atoms. The van der Waals surface area contributed by atoms with Crippen LogP contribution < -0.4 is 4.74 Å². The molecule has 1 aromatic carbocycles. The number of hydrogen-bond acceptors (Lipinski definition) is 5. The number of hydrogen-bond donors (Lipinski definition) is 0. The van der Waals surface area contributed by atoms with Crippen molar-refractivity contribution in [3.63, 3.8) is 0 Å². The van der Waals surface area contributed by atoms with Crippen molar-refractivity contribution in [2.45, 2.75) is 37.9 Å². The minimum Gasteiger partial charge on any atom is -0.496 e. The van der Waals surface area contributed by atoms with Gasteiger partial charge in [0.25, 0.3) is 0 Å². The zero-order valence-electron chi connectivity index (χ0n) is 13.0. The predicted octanol–water partition coefficient (Wildman–Crippen LogP) is 3.76. The highest BCUT2D eigenvalue weighted by molar-refractivity contribution is 7.99. The number of rotatable bonds is 8. The van der Waals surface area contributed by atoms with Crippen LogP contribution in [0.3, 0.4) is 0 Å². The quantitative estimate of drug-likeness (QED) is 0.548. The van der Waals surface area contributed by atoms with Crippen LogP contribution in [-0.2, 0) is 6.54 Å². The largest absolute Gasteiger partial charge is 0.496 e. The first-order valence-electron chi connectivity index (χ1n) is 7.38. The van der Waals surface area contributed by atoms with E-state index in [1.54, 1.807) is 18.9 Å². The summed E-state index contributed by atoms with van der Waals surface area (Å²) < 4.78 is 7.52. The number of nitriles is 1. The van der Waals surface area contributed by atoms with Crippen LogP contribution in [0.4, 0.5) is 0 Å². The number of aromatic nitrogens is 3. The van der Waals surface area contributed by atoms with Gasteiger partial charge in [0, 0.05) is 18.7 Å². The number of nitrogens with zero attached hydrogens (tertiary/aromatic N) is 4. The van der Waals surface area contributed by atoms with Crippen molar-refractivity contribution in [1.82, 2.24) is 14.8 Å². The molecule has 6 heteroatoms. The van der Waals surface area contributed by atoms with Gasteiger partial charge in [0.05, 0.1) is 18.7 Å². The fraction of sp³-hybridized carbons (Fsp3) is 0.438. The fourth-order valence-corrected chi connectivity index (χ4v) is 3.18. The molecule has 0 fully saturated rings. The Morgan fingerprint density at radius 2 is 2.09 bits per heavy atom. The molecule has 1 aromatic heterocycles. The topological polar surface area (TPSA) is 63.7 Å².